The van der Waals surface area contributed by atoms with Crippen LogP contribution < -0.4 is 10.5 Å². The summed E-state index contributed by atoms with van der Waals surface area (Å²) < 4.78 is 46.9. The van der Waals surface area contributed by atoms with E-state index in [9.17, 15) is 13.2 Å². The quantitative estimate of drug-likeness (QED) is 0.152. The number of halogens is 5. The monoisotopic (exact) mass is 572 g/mol. The lowest BCUT2D eigenvalue weighted by molar-refractivity contribution is -0.137. The summed E-state index contributed by atoms with van der Waals surface area (Å²) in [6.07, 6.45) is -3.96. The van der Waals surface area contributed by atoms with Crippen LogP contribution in [0.25, 0.3) is 0 Å². The summed E-state index contributed by atoms with van der Waals surface area (Å²) in [7, 11) is 0. The minimum absolute atomic E-state index is 0.191. The highest BCUT2D eigenvalue weighted by molar-refractivity contribution is 6.33. The van der Waals surface area contributed by atoms with Crippen LogP contribution in [0.5, 0.6) is 5.75 Å². The maximum atomic E-state index is 13.7. The molecule has 204 valence electrons. The molecule has 0 aliphatic heterocycles. The summed E-state index contributed by atoms with van der Waals surface area (Å²) in [6.45, 7) is 3.15. The van der Waals surface area contributed by atoms with Gasteiger partial charge >= 0.3 is 6.18 Å². The summed E-state index contributed by atoms with van der Waals surface area (Å²) in [5.74, 6) is 0.596. The molecule has 0 aliphatic rings. The van der Waals surface area contributed by atoms with Crippen LogP contribution in [0.2, 0.25) is 10.0 Å². The fraction of sp³-hybridized carbons (Fsp3) is 0.226. The molecule has 2 N–H and O–H groups in total. The van der Waals surface area contributed by atoms with Gasteiger partial charge in [-0.1, -0.05) is 96.0 Å². The molecular weight excluding hydrogens is 544 g/mol. The van der Waals surface area contributed by atoms with Gasteiger partial charge in [-0.15, -0.1) is 0 Å². The second-order valence-electron chi connectivity index (χ2n) is 9.39. The third-order valence-electron chi connectivity index (χ3n) is 6.86. The number of hydrogen-bond acceptors (Lipinski definition) is 3. The fourth-order valence-electron chi connectivity index (χ4n) is 4.70. The molecule has 0 heterocycles. The molecule has 0 atom stereocenters. The lowest BCUT2D eigenvalue weighted by Crippen LogP contribution is -2.45. The number of benzene rings is 4. The number of rotatable bonds is 10. The van der Waals surface area contributed by atoms with Gasteiger partial charge in [0.2, 0.25) is 0 Å². The Bertz CT molecular complexity index is 1340. The van der Waals surface area contributed by atoms with Crippen LogP contribution in [0.4, 0.5) is 18.9 Å². The topological polar surface area (TPSA) is 38.5 Å². The maximum absolute atomic E-state index is 13.7. The Hall–Kier alpha value is -3.19. The van der Waals surface area contributed by atoms with Gasteiger partial charge in [0.15, 0.2) is 0 Å². The molecule has 0 aliphatic carbocycles. The Kier molecular flexibility index (Phi) is 9.11. The van der Waals surface area contributed by atoms with Crippen molar-refractivity contribution >= 4 is 28.9 Å². The molecule has 0 fully saturated rings. The number of nitrogens with two attached hydrogens (primary N) is 1. The Morgan fingerprint density at radius 1 is 0.821 bits per heavy atom. The molecule has 8 heteroatoms. The van der Waals surface area contributed by atoms with Crippen molar-refractivity contribution < 1.29 is 17.9 Å². The molecule has 4 aromatic rings. The highest BCUT2D eigenvalue weighted by Gasteiger charge is 2.37. The normalized spacial score (nSPS) is 12.1. The average molecular weight is 573 g/mol. The Morgan fingerprint density at radius 3 is 2.00 bits per heavy atom. The molecule has 3 nitrogen and oxygen atoms in total. The van der Waals surface area contributed by atoms with Crippen LogP contribution >= 0.6 is 23.2 Å². The highest BCUT2D eigenvalue weighted by atomic mass is 35.5. The Balaban J connectivity index is 1.69. The number of nitrogens with zero attached hydrogens (tertiary/aromatic N) is 1. The largest absolute Gasteiger partial charge is 0.493 e. The Morgan fingerprint density at radius 2 is 1.44 bits per heavy atom. The minimum atomic E-state index is -4.55. The van der Waals surface area contributed by atoms with Crippen LogP contribution in [0.3, 0.4) is 0 Å². The van der Waals surface area contributed by atoms with Gasteiger partial charge in [-0.3, -0.25) is 4.90 Å². The third kappa shape index (κ3) is 6.70. The van der Waals surface area contributed by atoms with Gasteiger partial charge in [-0.25, -0.2) is 0 Å². The maximum Gasteiger partial charge on any atom is 0.417 e. The molecule has 0 amide bonds. The molecule has 0 bridgehead atoms. The molecule has 4 rings (SSSR count). The van der Waals surface area contributed by atoms with E-state index in [4.69, 9.17) is 33.7 Å². The van der Waals surface area contributed by atoms with E-state index in [2.05, 4.69) is 11.8 Å². The number of nitrogen functional groups attached to an aromatic ring is 1. The Labute approximate surface area is 236 Å². The van der Waals surface area contributed by atoms with Crippen LogP contribution in [-0.2, 0) is 18.3 Å². The molecule has 4 aromatic carbocycles. The lowest BCUT2D eigenvalue weighted by Gasteiger charge is -2.43. The number of alkyl halides is 3. The van der Waals surface area contributed by atoms with Gasteiger partial charge in [-0.05, 0) is 48.2 Å². The zero-order chi connectivity index (χ0) is 28.0. The average Bonchev–Trinajstić information content (AvgIpc) is 2.93. The van der Waals surface area contributed by atoms with Crippen molar-refractivity contribution in [2.75, 3.05) is 18.9 Å². The summed E-state index contributed by atoms with van der Waals surface area (Å²) in [5, 5.41) is 0.166. The van der Waals surface area contributed by atoms with E-state index in [0.29, 0.717) is 41.6 Å². The fourth-order valence-corrected chi connectivity index (χ4v) is 5.11. The van der Waals surface area contributed by atoms with Gasteiger partial charge in [0.05, 0.1) is 33.4 Å². The predicted octanol–water partition coefficient (Wildman–Crippen LogP) is 8.83. The van der Waals surface area contributed by atoms with Crippen LogP contribution in [0.1, 0.15) is 35.6 Å². The van der Waals surface area contributed by atoms with Crippen molar-refractivity contribution in [2.45, 2.75) is 31.6 Å². The van der Waals surface area contributed by atoms with Gasteiger partial charge in [0.25, 0.3) is 0 Å². The molecule has 0 saturated heterocycles. The second-order valence-corrected chi connectivity index (χ2v) is 10.2. The summed E-state index contributed by atoms with van der Waals surface area (Å²) >= 11 is 12.4. The second kappa shape index (κ2) is 12.3. The standard InChI is InChI=1S/C31H29Cl2F3N2O/c1-30(23-11-4-2-5-12-23,24-13-6-3-7-14-24)38(18-9-19-39-25-16-17-27(32)28(37)20-25)21-22-10-8-15-26(29(22)33)31(34,35)36/h2-8,10-17,20H,9,18-19,21,37H2,1H3. The summed E-state index contributed by atoms with van der Waals surface area (Å²) in [4.78, 5) is 2.15. The minimum Gasteiger partial charge on any atom is -0.493 e. The van der Waals surface area contributed by atoms with Crippen molar-refractivity contribution in [3.63, 3.8) is 0 Å². The lowest BCUT2D eigenvalue weighted by atomic mass is 9.82. The van der Waals surface area contributed by atoms with E-state index in [0.717, 1.165) is 17.2 Å². The van der Waals surface area contributed by atoms with Crippen molar-refractivity contribution in [3.8, 4) is 5.75 Å². The smallest absolute Gasteiger partial charge is 0.417 e. The SMILES string of the molecule is CC(c1ccccc1)(c1ccccc1)N(CCCOc1ccc(Cl)c(N)c1)Cc1cccc(C(F)(F)F)c1Cl. The first-order valence-corrected chi connectivity index (χ1v) is 13.2. The number of anilines is 1. The van der Waals surface area contributed by atoms with E-state index in [1.807, 2.05) is 60.7 Å². The van der Waals surface area contributed by atoms with Crippen molar-refractivity contribution in [1.29, 1.82) is 0 Å². The van der Waals surface area contributed by atoms with Gasteiger partial charge in [0.1, 0.15) is 5.75 Å². The molecule has 0 aromatic heterocycles. The first-order chi connectivity index (χ1) is 18.6. The molecule has 0 saturated carbocycles. The van der Waals surface area contributed by atoms with Crippen molar-refractivity contribution in [3.05, 3.63) is 129 Å². The van der Waals surface area contributed by atoms with Crippen LogP contribution in [0.15, 0.2) is 97.1 Å². The molecule has 39 heavy (non-hydrogen) atoms. The highest BCUT2D eigenvalue weighted by Crippen LogP contribution is 2.40. The molecule has 0 spiro atoms. The van der Waals surface area contributed by atoms with E-state index in [-0.39, 0.29) is 11.6 Å². The summed E-state index contributed by atoms with van der Waals surface area (Å²) in [5.41, 5.74) is 7.21. The predicted molar refractivity (Wildman–Crippen MR) is 152 cm³/mol. The summed E-state index contributed by atoms with van der Waals surface area (Å²) in [6, 6.07) is 29.0. The molecule has 0 unspecified atom stereocenters. The van der Waals surface area contributed by atoms with E-state index in [1.165, 1.54) is 6.07 Å². The van der Waals surface area contributed by atoms with E-state index >= 15 is 0 Å². The van der Waals surface area contributed by atoms with Crippen LogP contribution in [-0.4, -0.2) is 18.1 Å². The zero-order valence-electron chi connectivity index (χ0n) is 21.4. The zero-order valence-corrected chi connectivity index (χ0v) is 22.9. The van der Waals surface area contributed by atoms with Crippen molar-refractivity contribution in [2.24, 2.45) is 0 Å². The number of ether oxygens (including phenoxy) is 1. The van der Waals surface area contributed by atoms with Crippen LogP contribution in [0, 0.1) is 0 Å². The van der Waals surface area contributed by atoms with E-state index < -0.39 is 17.3 Å². The molecular formula is C31H29Cl2F3N2O. The first kappa shape index (κ1) is 28.8. The van der Waals surface area contributed by atoms with Gasteiger partial charge < -0.3 is 10.5 Å². The van der Waals surface area contributed by atoms with Crippen molar-refractivity contribution in [1.82, 2.24) is 4.90 Å². The third-order valence-corrected chi connectivity index (χ3v) is 7.65. The number of hydrogen-bond donors (Lipinski definition) is 1. The first-order valence-electron chi connectivity index (χ1n) is 12.5. The van der Waals surface area contributed by atoms with Gasteiger partial charge in [-0.2, -0.15) is 13.2 Å². The van der Waals surface area contributed by atoms with Gasteiger partial charge in [0, 0.05) is 19.2 Å². The molecule has 0 radical (unpaired) electrons. The van der Waals surface area contributed by atoms with E-state index in [1.54, 1.807) is 24.3 Å².